The Morgan fingerprint density at radius 3 is 2.14 bits per heavy atom. The van der Waals surface area contributed by atoms with Crippen molar-refractivity contribution in [2.75, 3.05) is 18.1 Å². The van der Waals surface area contributed by atoms with Crippen molar-refractivity contribution in [1.82, 2.24) is 5.32 Å². The van der Waals surface area contributed by atoms with Gasteiger partial charge in [0, 0.05) is 11.8 Å². The van der Waals surface area contributed by atoms with Gasteiger partial charge in [-0.25, -0.2) is 0 Å². The summed E-state index contributed by atoms with van der Waals surface area (Å²) in [5.74, 6) is 6.00. The zero-order chi connectivity index (χ0) is 14.7. The third kappa shape index (κ3) is 3.63. The molecule has 1 N–H and O–H groups in total. The molecule has 0 spiro atoms. The SMILES string of the molecule is CCCCCSCC(NCC)C12CC3CC(CC(C3)C1)C2. The predicted octanol–water partition coefficient (Wildman–Crippen LogP) is 5.10. The highest BCUT2D eigenvalue weighted by atomic mass is 32.2. The summed E-state index contributed by atoms with van der Waals surface area (Å²) in [6, 6.07) is 0.794. The van der Waals surface area contributed by atoms with Crippen LogP contribution in [0, 0.1) is 23.2 Å². The topological polar surface area (TPSA) is 12.0 Å². The lowest BCUT2D eigenvalue weighted by atomic mass is 9.48. The fraction of sp³-hybridized carbons (Fsp3) is 1.00. The summed E-state index contributed by atoms with van der Waals surface area (Å²) in [6.07, 6.45) is 13.5. The third-order valence-electron chi connectivity index (χ3n) is 6.45. The number of nitrogens with one attached hydrogen (secondary N) is 1. The number of thioether (sulfide) groups is 1. The Morgan fingerprint density at radius 2 is 1.62 bits per heavy atom. The Labute approximate surface area is 136 Å². The summed E-state index contributed by atoms with van der Waals surface area (Å²) in [7, 11) is 0. The van der Waals surface area contributed by atoms with Crippen LogP contribution < -0.4 is 5.32 Å². The molecule has 0 saturated heterocycles. The van der Waals surface area contributed by atoms with Gasteiger partial charge in [0.2, 0.25) is 0 Å². The van der Waals surface area contributed by atoms with Gasteiger partial charge in [-0.15, -0.1) is 0 Å². The highest BCUT2D eigenvalue weighted by Gasteiger charge is 2.53. The molecule has 122 valence electrons. The van der Waals surface area contributed by atoms with E-state index in [1.54, 1.807) is 38.5 Å². The predicted molar refractivity (Wildman–Crippen MR) is 94.9 cm³/mol. The molecule has 1 unspecified atom stereocenters. The van der Waals surface area contributed by atoms with Crippen molar-refractivity contribution >= 4 is 11.8 Å². The van der Waals surface area contributed by atoms with Gasteiger partial charge in [-0.1, -0.05) is 26.7 Å². The second-order valence-corrected chi connectivity index (χ2v) is 9.32. The molecule has 0 aliphatic heterocycles. The van der Waals surface area contributed by atoms with Gasteiger partial charge >= 0.3 is 0 Å². The van der Waals surface area contributed by atoms with Crippen LogP contribution >= 0.6 is 11.8 Å². The Morgan fingerprint density at radius 1 is 1.00 bits per heavy atom. The van der Waals surface area contributed by atoms with E-state index in [9.17, 15) is 0 Å². The normalized spacial score (nSPS) is 38.9. The zero-order valence-corrected chi connectivity index (χ0v) is 15.0. The summed E-state index contributed by atoms with van der Waals surface area (Å²) in [6.45, 7) is 5.76. The molecule has 0 aromatic heterocycles. The van der Waals surface area contributed by atoms with Crippen LogP contribution in [0.4, 0.5) is 0 Å². The van der Waals surface area contributed by atoms with Gasteiger partial charge in [-0.2, -0.15) is 11.8 Å². The molecule has 4 aliphatic rings. The van der Waals surface area contributed by atoms with Crippen molar-refractivity contribution in [2.45, 2.75) is 77.7 Å². The Kier molecular flexibility index (Phi) is 5.59. The maximum absolute atomic E-state index is 3.91. The highest BCUT2D eigenvalue weighted by molar-refractivity contribution is 7.99. The maximum Gasteiger partial charge on any atom is 0.0214 e. The van der Waals surface area contributed by atoms with Crippen molar-refractivity contribution in [1.29, 1.82) is 0 Å². The van der Waals surface area contributed by atoms with Crippen LogP contribution in [0.2, 0.25) is 0 Å². The molecule has 0 radical (unpaired) electrons. The van der Waals surface area contributed by atoms with E-state index in [1.807, 2.05) is 0 Å². The van der Waals surface area contributed by atoms with Crippen LogP contribution in [-0.2, 0) is 0 Å². The lowest BCUT2D eigenvalue weighted by molar-refractivity contribution is -0.0691. The average Bonchev–Trinajstić information content (AvgIpc) is 2.44. The first-order valence-corrected chi connectivity index (χ1v) is 10.7. The van der Waals surface area contributed by atoms with Crippen LogP contribution in [0.3, 0.4) is 0 Å². The molecular weight excluding hydrogens is 274 g/mol. The molecule has 0 amide bonds. The van der Waals surface area contributed by atoms with Crippen LogP contribution in [-0.4, -0.2) is 24.1 Å². The minimum absolute atomic E-state index is 0.683. The molecule has 1 atom stereocenters. The summed E-state index contributed by atoms with van der Waals surface area (Å²) in [5, 5.41) is 3.91. The largest absolute Gasteiger partial charge is 0.313 e. The first-order valence-electron chi connectivity index (χ1n) is 9.57. The van der Waals surface area contributed by atoms with Gasteiger partial charge in [-0.3, -0.25) is 0 Å². The molecule has 0 aromatic rings. The minimum atomic E-state index is 0.683. The fourth-order valence-corrected chi connectivity index (χ4v) is 7.24. The molecular formula is C19H35NS. The van der Waals surface area contributed by atoms with Crippen molar-refractivity contribution < 1.29 is 0 Å². The molecule has 4 saturated carbocycles. The molecule has 4 rings (SSSR count). The number of unbranched alkanes of at least 4 members (excludes halogenated alkanes) is 2. The second kappa shape index (κ2) is 7.25. The zero-order valence-electron chi connectivity index (χ0n) is 14.2. The quantitative estimate of drug-likeness (QED) is 0.594. The Balaban J connectivity index is 1.57. The second-order valence-electron chi connectivity index (χ2n) is 8.17. The fourth-order valence-electron chi connectivity index (χ4n) is 5.96. The number of hydrogen-bond donors (Lipinski definition) is 1. The Bertz CT molecular complexity index is 292. The lowest BCUT2D eigenvalue weighted by Gasteiger charge is -2.59. The maximum atomic E-state index is 3.91. The molecule has 4 bridgehead atoms. The summed E-state index contributed by atoms with van der Waals surface area (Å²) in [5.41, 5.74) is 0.683. The van der Waals surface area contributed by atoms with Gasteiger partial charge in [0.1, 0.15) is 0 Å². The van der Waals surface area contributed by atoms with E-state index in [0.717, 1.165) is 30.3 Å². The first kappa shape index (κ1) is 16.2. The standard InChI is InChI=1S/C19H35NS/c1-3-5-6-7-21-14-18(20-4-2)19-11-15-8-16(12-19)10-17(9-15)13-19/h15-18,20H,3-14H2,1-2H3. The summed E-state index contributed by atoms with van der Waals surface area (Å²) < 4.78 is 0. The number of rotatable bonds is 9. The number of hydrogen-bond acceptors (Lipinski definition) is 2. The van der Waals surface area contributed by atoms with Crippen molar-refractivity contribution in [3.05, 3.63) is 0 Å². The van der Waals surface area contributed by atoms with Gasteiger partial charge in [0.25, 0.3) is 0 Å². The van der Waals surface area contributed by atoms with Crippen molar-refractivity contribution in [3.8, 4) is 0 Å². The van der Waals surface area contributed by atoms with Crippen LogP contribution in [0.15, 0.2) is 0 Å². The van der Waals surface area contributed by atoms with E-state index in [0.29, 0.717) is 5.41 Å². The average molecular weight is 310 g/mol. The van der Waals surface area contributed by atoms with Crippen molar-refractivity contribution in [2.24, 2.45) is 23.2 Å². The molecule has 2 heteroatoms. The van der Waals surface area contributed by atoms with E-state index in [4.69, 9.17) is 0 Å². The van der Waals surface area contributed by atoms with Crippen LogP contribution in [0.1, 0.15) is 71.6 Å². The van der Waals surface area contributed by atoms with Crippen LogP contribution in [0.5, 0.6) is 0 Å². The highest BCUT2D eigenvalue weighted by Crippen LogP contribution is 2.61. The summed E-state index contributed by atoms with van der Waals surface area (Å²) in [4.78, 5) is 0. The molecule has 0 heterocycles. The monoisotopic (exact) mass is 309 g/mol. The minimum Gasteiger partial charge on any atom is -0.313 e. The molecule has 21 heavy (non-hydrogen) atoms. The van der Waals surface area contributed by atoms with E-state index in [1.165, 1.54) is 30.8 Å². The summed E-state index contributed by atoms with van der Waals surface area (Å²) >= 11 is 2.23. The van der Waals surface area contributed by atoms with Gasteiger partial charge in [0.05, 0.1) is 0 Å². The molecule has 1 nitrogen and oxygen atoms in total. The van der Waals surface area contributed by atoms with Gasteiger partial charge < -0.3 is 5.32 Å². The van der Waals surface area contributed by atoms with Gasteiger partial charge in [-0.05, 0) is 80.4 Å². The third-order valence-corrected chi connectivity index (χ3v) is 7.60. The van der Waals surface area contributed by atoms with E-state index < -0.39 is 0 Å². The smallest absolute Gasteiger partial charge is 0.0214 e. The lowest BCUT2D eigenvalue weighted by Crippen LogP contribution is -2.56. The first-order chi connectivity index (χ1) is 10.3. The molecule has 4 fully saturated rings. The van der Waals surface area contributed by atoms with Crippen LogP contribution in [0.25, 0.3) is 0 Å². The van der Waals surface area contributed by atoms with E-state index >= 15 is 0 Å². The van der Waals surface area contributed by atoms with E-state index in [2.05, 4.69) is 30.9 Å². The van der Waals surface area contributed by atoms with E-state index in [-0.39, 0.29) is 0 Å². The Hall–Kier alpha value is 0.310. The van der Waals surface area contributed by atoms with Crippen molar-refractivity contribution in [3.63, 3.8) is 0 Å². The molecule has 0 aromatic carbocycles. The van der Waals surface area contributed by atoms with Gasteiger partial charge in [0.15, 0.2) is 0 Å². The molecule has 4 aliphatic carbocycles.